The van der Waals surface area contributed by atoms with Crippen molar-refractivity contribution in [1.29, 1.82) is 5.41 Å². The fourth-order valence-corrected chi connectivity index (χ4v) is 6.16. The molecule has 166 valence electrons. The van der Waals surface area contributed by atoms with Crippen LogP contribution in [0.25, 0.3) is 32.9 Å². The molecule has 3 N–H and O–H groups in total. The van der Waals surface area contributed by atoms with Crippen LogP contribution in [0.2, 0.25) is 0 Å². The number of fused-ring (bicyclic) bond motifs is 6. The minimum Gasteiger partial charge on any atom is -0.369 e. The first-order valence-electron chi connectivity index (χ1n) is 11.8. The molecule has 1 aromatic heterocycles. The predicted molar refractivity (Wildman–Crippen MR) is 144 cm³/mol. The van der Waals surface area contributed by atoms with Crippen molar-refractivity contribution >= 4 is 27.8 Å². The molecule has 0 amide bonds. The number of rotatable bonds is 2. The molecular formula is C32H23N3. The Morgan fingerprint density at radius 3 is 1.86 bits per heavy atom. The number of nitrogen functional groups attached to an aromatic ring is 1. The Labute approximate surface area is 203 Å². The highest BCUT2D eigenvalue weighted by Crippen LogP contribution is 2.57. The molecule has 1 heterocycles. The van der Waals surface area contributed by atoms with Crippen molar-refractivity contribution in [2.24, 2.45) is 5.73 Å². The van der Waals surface area contributed by atoms with E-state index in [1.807, 2.05) is 22.8 Å². The zero-order valence-electron chi connectivity index (χ0n) is 19.1. The second-order valence-corrected chi connectivity index (χ2v) is 9.18. The van der Waals surface area contributed by atoms with Gasteiger partial charge in [-0.2, -0.15) is 0 Å². The summed E-state index contributed by atoms with van der Waals surface area (Å²) in [6.45, 7) is 0. The van der Waals surface area contributed by atoms with Crippen molar-refractivity contribution in [2.45, 2.75) is 5.41 Å². The average Bonchev–Trinajstić information content (AvgIpc) is 3.39. The van der Waals surface area contributed by atoms with Crippen molar-refractivity contribution in [2.75, 3.05) is 0 Å². The predicted octanol–water partition coefficient (Wildman–Crippen LogP) is 6.90. The van der Waals surface area contributed by atoms with Crippen LogP contribution in [0.1, 0.15) is 22.3 Å². The van der Waals surface area contributed by atoms with Gasteiger partial charge in [0.05, 0.1) is 16.4 Å². The molecular weight excluding hydrogens is 426 g/mol. The van der Waals surface area contributed by atoms with Crippen molar-refractivity contribution in [3.63, 3.8) is 0 Å². The average molecular weight is 450 g/mol. The zero-order chi connectivity index (χ0) is 23.6. The number of nitrogens with one attached hydrogen (secondary N) is 1. The highest BCUT2D eigenvalue weighted by Gasteiger charge is 2.46. The van der Waals surface area contributed by atoms with Crippen LogP contribution in [-0.4, -0.2) is 10.5 Å². The first-order chi connectivity index (χ1) is 17.2. The molecule has 35 heavy (non-hydrogen) atoms. The van der Waals surface area contributed by atoms with E-state index in [1.54, 1.807) is 0 Å². The van der Waals surface area contributed by atoms with Crippen LogP contribution in [0.4, 0.5) is 0 Å². The standard InChI is InChI=1S/C32H23N3/c33-31(34)35-29-18-10-8-16-24(29)26-19-25-23-15-7-9-17-27(23)32(28(25)20-30(26)35,21-11-3-1-4-12-21)22-13-5-2-6-14-22/h1-20H,(H3,33,34). The zero-order valence-corrected chi connectivity index (χ0v) is 19.1. The minimum absolute atomic E-state index is 0.0247. The van der Waals surface area contributed by atoms with Gasteiger partial charge in [-0.05, 0) is 51.6 Å². The van der Waals surface area contributed by atoms with Crippen LogP contribution in [0.3, 0.4) is 0 Å². The number of aromatic nitrogens is 1. The van der Waals surface area contributed by atoms with Gasteiger partial charge in [-0.3, -0.25) is 9.98 Å². The third-order valence-corrected chi connectivity index (χ3v) is 7.49. The number of para-hydroxylation sites is 1. The van der Waals surface area contributed by atoms with Gasteiger partial charge in [0.25, 0.3) is 0 Å². The Bertz CT molecular complexity index is 1720. The maximum atomic E-state index is 8.41. The molecule has 0 spiro atoms. The second-order valence-electron chi connectivity index (χ2n) is 9.18. The van der Waals surface area contributed by atoms with E-state index in [1.165, 1.54) is 33.4 Å². The highest BCUT2D eigenvalue weighted by molar-refractivity contribution is 6.15. The van der Waals surface area contributed by atoms with Crippen LogP contribution in [-0.2, 0) is 5.41 Å². The summed E-state index contributed by atoms with van der Waals surface area (Å²) >= 11 is 0. The van der Waals surface area contributed by atoms with E-state index in [0.29, 0.717) is 0 Å². The van der Waals surface area contributed by atoms with Gasteiger partial charge in [0, 0.05) is 10.8 Å². The van der Waals surface area contributed by atoms with E-state index in [9.17, 15) is 0 Å². The summed E-state index contributed by atoms with van der Waals surface area (Å²) in [5.41, 5.74) is 15.0. The summed E-state index contributed by atoms with van der Waals surface area (Å²) in [5, 5.41) is 10.6. The molecule has 3 nitrogen and oxygen atoms in total. The molecule has 0 saturated heterocycles. The lowest BCUT2D eigenvalue weighted by atomic mass is 9.67. The fourth-order valence-electron chi connectivity index (χ4n) is 6.16. The van der Waals surface area contributed by atoms with E-state index in [2.05, 4.69) is 103 Å². The molecule has 5 aromatic carbocycles. The van der Waals surface area contributed by atoms with Gasteiger partial charge < -0.3 is 5.73 Å². The maximum Gasteiger partial charge on any atom is 0.197 e. The summed E-state index contributed by atoms with van der Waals surface area (Å²) in [7, 11) is 0. The van der Waals surface area contributed by atoms with Crippen molar-refractivity contribution in [3.8, 4) is 11.1 Å². The van der Waals surface area contributed by atoms with Crippen molar-refractivity contribution < 1.29 is 0 Å². The summed E-state index contributed by atoms with van der Waals surface area (Å²) in [6.07, 6.45) is 0. The Morgan fingerprint density at radius 1 is 0.571 bits per heavy atom. The molecule has 7 rings (SSSR count). The Kier molecular flexibility index (Phi) is 4.06. The molecule has 6 aromatic rings. The SMILES string of the molecule is N=C(N)n1c2ccccc2c2cc3c(cc21)C(c1ccccc1)(c1ccccc1)c1ccccc1-3. The van der Waals surface area contributed by atoms with Gasteiger partial charge in [0.1, 0.15) is 0 Å². The molecule has 0 bridgehead atoms. The summed E-state index contributed by atoms with van der Waals surface area (Å²) in [6, 6.07) is 43.0. The lowest BCUT2D eigenvalue weighted by molar-refractivity contribution is 0.769. The van der Waals surface area contributed by atoms with Crippen LogP contribution >= 0.6 is 0 Å². The largest absolute Gasteiger partial charge is 0.369 e. The van der Waals surface area contributed by atoms with Crippen molar-refractivity contribution in [1.82, 2.24) is 4.57 Å². The molecule has 0 saturated carbocycles. The maximum absolute atomic E-state index is 8.41. The third-order valence-electron chi connectivity index (χ3n) is 7.49. The number of benzene rings is 5. The highest BCUT2D eigenvalue weighted by atomic mass is 15.1. The normalized spacial score (nSPS) is 13.6. The van der Waals surface area contributed by atoms with Gasteiger partial charge in [0.2, 0.25) is 0 Å². The third kappa shape index (κ3) is 2.52. The quantitative estimate of drug-likeness (QED) is 0.219. The Balaban J connectivity index is 1.71. The van der Waals surface area contributed by atoms with E-state index >= 15 is 0 Å². The summed E-state index contributed by atoms with van der Waals surface area (Å²) < 4.78 is 1.87. The van der Waals surface area contributed by atoms with Gasteiger partial charge >= 0.3 is 0 Å². The molecule has 1 aliphatic rings. The van der Waals surface area contributed by atoms with E-state index in [-0.39, 0.29) is 5.96 Å². The molecule has 0 aliphatic heterocycles. The van der Waals surface area contributed by atoms with Gasteiger partial charge in [-0.15, -0.1) is 0 Å². The number of nitrogens with zero attached hydrogens (tertiary/aromatic N) is 1. The van der Waals surface area contributed by atoms with Gasteiger partial charge in [0.15, 0.2) is 5.96 Å². The van der Waals surface area contributed by atoms with Crippen LogP contribution in [0.15, 0.2) is 121 Å². The van der Waals surface area contributed by atoms with E-state index in [0.717, 1.165) is 21.8 Å². The summed E-state index contributed by atoms with van der Waals surface area (Å²) in [5.74, 6) is 0.0247. The molecule has 0 radical (unpaired) electrons. The first-order valence-corrected chi connectivity index (χ1v) is 11.8. The lowest BCUT2D eigenvalue weighted by Gasteiger charge is -2.34. The van der Waals surface area contributed by atoms with E-state index < -0.39 is 5.41 Å². The van der Waals surface area contributed by atoms with E-state index in [4.69, 9.17) is 11.1 Å². The number of hydrogen-bond acceptors (Lipinski definition) is 1. The minimum atomic E-state index is -0.472. The number of hydrogen-bond donors (Lipinski definition) is 2. The fraction of sp³-hybridized carbons (Fsp3) is 0.0312. The van der Waals surface area contributed by atoms with Crippen LogP contribution < -0.4 is 5.73 Å². The van der Waals surface area contributed by atoms with Crippen LogP contribution in [0.5, 0.6) is 0 Å². The molecule has 0 unspecified atom stereocenters. The smallest absolute Gasteiger partial charge is 0.197 e. The molecule has 3 heteroatoms. The van der Waals surface area contributed by atoms with Gasteiger partial charge in [-0.25, -0.2) is 0 Å². The molecule has 0 fully saturated rings. The molecule has 0 atom stereocenters. The lowest BCUT2D eigenvalue weighted by Crippen LogP contribution is -2.28. The first kappa shape index (κ1) is 19.8. The Morgan fingerprint density at radius 2 is 1.17 bits per heavy atom. The topological polar surface area (TPSA) is 54.8 Å². The van der Waals surface area contributed by atoms with Gasteiger partial charge in [-0.1, -0.05) is 103 Å². The number of nitrogens with two attached hydrogens (primary N) is 1. The monoisotopic (exact) mass is 449 g/mol. The Hall–Kier alpha value is -4.63. The van der Waals surface area contributed by atoms with Crippen molar-refractivity contribution in [3.05, 3.63) is 144 Å². The van der Waals surface area contributed by atoms with Crippen LogP contribution in [0, 0.1) is 5.41 Å². The second kappa shape index (κ2) is 7.18. The summed E-state index contributed by atoms with van der Waals surface area (Å²) in [4.78, 5) is 0. The molecule has 1 aliphatic carbocycles.